The molecule has 1 atom stereocenters. The summed E-state index contributed by atoms with van der Waals surface area (Å²) in [4.78, 5) is 0. The average molecular weight is 294 g/mol. The molecule has 22 heavy (non-hydrogen) atoms. The first-order valence-electron chi connectivity index (χ1n) is 8.05. The predicted molar refractivity (Wildman–Crippen MR) is 92.8 cm³/mol. The first-order valence-corrected chi connectivity index (χ1v) is 8.05. The van der Waals surface area contributed by atoms with Gasteiger partial charge in [0.15, 0.2) is 0 Å². The summed E-state index contributed by atoms with van der Waals surface area (Å²) in [5.41, 5.74) is 7.42. The summed E-state index contributed by atoms with van der Waals surface area (Å²) < 4.78 is 6.55. The summed E-state index contributed by atoms with van der Waals surface area (Å²) >= 11 is 0. The van der Waals surface area contributed by atoms with Gasteiger partial charge in [0.2, 0.25) is 0 Å². The molecule has 2 aromatic carbocycles. The molecule has 1 heteroatoms. The Hall–Kier alpha value is -1.76. The summed E-state index contributed by atoms with van der Waals surface area (Å²) in [5.74, 6) is 1.04. The number of fused-ring (bicyclic) bond motifs is 1. The molecule has 2 aromatic rings. The molecule has 0 bridgehead atoms. The summed E-state index contributed by atoms with van der Waals surface area (Å²) in [6.07, 6.45) is 0. The van der Waals surface area contributed by atoms with Gasteiger partial charge in [-0.3, -0.25) is 0 Å². The molecule has 0 saturated carbocycles. The van der Waals surface area contributed by atoms with Crippen molar-refractivity contribution in [3.05, 3.63) is 63.7 Å². The monoisotopic (exact) mass is 294 g/mol. The molecule has 1 aliphatic heterocycles. The maximum absolute atomic E-state index is 6.55. The van der Waals surface area contributed by atoms with E-state index in [1.807, 2.05) is 0 Å². The summed E-state index contributed by atoms with van der Waals surface area (Å²) in [7, 11) is 0. The Bertz CT molecular complexity index is 755. The van der Waals surface area contributed by atoms with Gasteiger partial charge < -0.3 is 4.74 Å². The van der Waals surface area contributed by atoms with Crippen LogP contribution in [-0.2, 0) is 11.0 Å². The van der Waals surface area contributed by atoms with E-state index in [4.69, 9.17) is 4.74 Å². The van der Waals surface area contributed by atoms with Crippen LogP contribution in [0.4, 0.5) is 0 Å². The lowest BCUT2D eigenvalue weighted by Crippen LogP contribution is -2.43. The molecule has 0 aromatic heterocycles. The lowest BCUT2D eigenvalue weighted by Gasteiger charge is -2.38. The van der Waals surface area contributed by atoms with Crippen LogP contribution in [0.25, 0.3) is 0 Å². The van der Waals surface area contributed by atoms with Crippen LogP contribution in [0, 0.1) is 27.7 Å². The Morgan fingerprint density at radius 1 is 0.727 bits per heavy atom. The Labute approximate surface area is 134 Å². The van der Waals surface area contributed by atoms with Crippen LogP contribution in [-0.4, -0.2) is 0 Å². The minimum Gasteiger partial charge on any atom is -0.482 e. The van der Waals surface area contributed by atoms with Gasteiger partial charge in [-0.25, -0.2) is 0 Å². The van der Waals surface area contributed by atoms with Crippen LogP contribution in [0.15, 0.2) is 30.3 Å². The zero-order chi connectivity index (χ0) is 16.3. The molecule has 0 spiro atoms. The Kier molecular flexibility index (Phi) is 3.18. The van der Waals surface area contributed by atoms with E-state index in [0.717, 1.165) is 5.75 Å². The average Bonchev–Trinajstić information content (AvgIpc) is 2.59. The van der Waals surface area contributed by atoms with Gasteiger partial charge in [0.05, 0.1) is 0 Å². The first-order chi connectivity index (χ1) is 10.2. The fourth-order valence-corrected chi connectivity index (χ4v) is 3.71. The highest BCUT2D eigenvalue weighted by molar-refractivity contribution is 5.54. The fourth-order valence-electron chi connectivity index (χ4n) is 3.71. The third-order valence-corrected chi connectivity index (χ3v) is 5.67. The van der Waals surface area contributed by atoms with Crippen LogP contribution in [0.3, 0.4) is 0 Å². The molecule has 0 N–H and O–H groups in total. The minimum atomic E-state index is -0.340. The SMILES string of the molecule is Cc1ccc(C2(C)Oc3cc(C)c(C)cc3C2(C)C)c(C)c1. The second-order valence-electron chi connectivity index (χ2n) is 7.51. The van der Waals surface area contributed by atoms with Gasteiger partial charge in [0.1, 0.15) is 11.4 Å². The number of rotatable bonds is 1. The van der Waals surface area contributed by atoms with Gasteiger partial charge in [-0.2, -0.15) is 0 Å². The van der Waals surface area contributed by atoms with Crippen LogP contribution < -0.4 is 4.74 Å². The Morgan fingerprint density at radius 3 is 2.00 bits per heavy atom. The largest absolute Gasteiger partial charge is 0.482 e. The quantitative estimate of drug-likeness (QED) is 0.674. The van der Waals surface area contributed by atoms with E-state index in [9.17, 15) is 0 Å². The zero-order valence-electron chi connectivity index (χ0n) is 14.8. The van der Waals surface area contributed by atoms with Crippen LogP contribution in [0.1, 0.15) is 54.2 Å². The van der Waals surface area contributed by atoms with E-state index in [-0.39, 0.29) is 11.0 Å². The van der Waals surface area contributed by atoms with Crippen molar-refractivity contribution in [3.63, 3.8) is 0 Å². The van der Waals surface area contributed by atoms with Gasteiger partial charge in [-0.15, -0.1) is 0 Å². The molecule has 1 heterocycles. The van der Waals surface area contributed by atoms with Crippen LogP contribution in [0.2, 0.25) is 0 Å². The molecule has 0 radical (unpaired) electrons. The number of hydrogen-bond acceptors (Lipinski definition) is 1. The van der Waals surface area contributed by atoms with Crippen molar-refractivity contribution in [1.82, 2.24) is 0 Å². The highest BCUT2D eigenvalue weighted by atomic mass is 16.5. The minimum absolute atomic E-state index is 0.0686. The highest BCUT2D eigenvalue weighted by Gasteiger charge is 2.53. The van der Waals surface area contributed by atoms with Gasteiger partial charge in [0, 0.05) is 11.0 Å². The van der Waals surface area contributed by atoms with E-state index in [1.54, 1.807) is 0 Å². The molecule has 0 saturated heterocycles. The molecule has 1 nitrogen and oxygen atoms in total. The standard InChI is InChI=1S/C21H26O/c1-13-8-9-17(16(4)10-13)21(7)20(5,6)18-11-14(2)15(3)12-19(18)22-21/h8-12H,1-7H3. The summed E-state index contributed by atoms with van der Waals surface area (Å²) in [6.45, 7) is 15.5. The van der Waals surface area contributed by atoms with Gasteiger partial charge in [0.25, 0.3) is 0 Å². The molecule has 116 valence electrons. The number of ether oxygens (including phenoxy) is 1. The predicted octanol–water partition coefficient (Wildman–Crippen LogP) is 5.51. The second-order valence-corrected chi connectivity index (χ2v) is 7.51. The zero-order valence-corrected chi connectivity index (χ0v) is 14.8. The van der Waals surface area contributed by atoms with Crippen molar-refractivity contribution in [2.75, 3.05) is 0 Å². The maximum Gasteiger partial charge on any atom is 0.141 e. The third kappa shape index (κ3) is 1.91. The summed E-state index contributed by atoms with van der Waals surface area (Å²) in [5, 5.41) is 0. The topological polar surface area (TPSA) is 9.23 Å². The van der Waals surface area contributed by atoms with E-state index < -0.39 is 0 Å². The molecule has 0 aliphatic carbocycles. The van der Waals surface area contributed by atoms with Gasteiger partial charge in [-0.1, -0.05) is 43.7 Å². The number of hydrogen-bond donors (Lipinski definition) is 0. The number of aryl methyl sites for hydroxylation is 4. The molecule has 3 rings (SSSR count). The molecule has 0 amide bonds. The maximum atomic E-state index is 6.55. The molecular weight excluding hydrogens is 268 g/mol. The number of benzene rings is 2. The van der Waals surface area contributed by atoms with E-state index >= 15 is 0 Å². The van der Waals surface area contributed by atoms with Crippen molar-refractivity contribution >= 4 is 0 Å². The van der Waals surface area contributed by atoms with Crippen molar-refractivity contribution in [1.29, 1.82) is 0 Å². The molecule has 1 unspecified atom stereocenters. The normalized spacial score (nSPS) is 22.3. The lowest BCUT2D eigenvalue weighted by molar-refractivity contribution is 0.0472. The Balaban J connectivity index is 2.21. The molecule has 1 aliphatic rings. The van der Waals surface area contributed by atoms with Crippen molar-refractivity contribution < 1.29 is 4.74 Å². The van der Waals surface area contributed by atoms with E-state index in [2.05, 4.69) is 78.8 Å². The third-order valence-electron chi connectivity index (χ3n) is 5.67. The van der Waals surface area contributed by atoms with Crippen molar-refractivity contribution in [2.24, 2.45) is 0 Å². The Morgan fingerprint density at radius 2 is 1.36 bits per heavy atom. The smallest absolute Gasteiger partial charge is 0.141 e. The lowest BCUT2D eigenvalue weighted by atomic mass is 9.68. The molecular formula is C21H26O. The van der Waals surface area contributed by atoms with Gasteiger partial charge in [-0.05, 0) is 62.9 Å². The fraction of sp³-hybridized carbons (Fsp3) is 0.429. The highest BCUT2D eigenvalue weighted by Crippen LogP contribution is 2.55. The van der Waals surface area contributed by atoms with E-state index in [0.29, 0.717) is 0 Å². The van der Waals surface area contributed by atoms with Crippen LogP contribution >= 0.6 is 0 Å². The second kappa shape index (κ2) is 4.62. The van der Waals surface area contributed by atoms with Crippen LogP contribution in [0.5, 0.6) is 5.75 Å². The van der Waals surface area contributed by atoms with Crippen molar-refractivity contribution in [3.8, 4) is 5.75 Å². The summed E-state index contributed by atoms with van der Waals surface area (Å²) in [6, 6.07) is 11.2. The van der Waals surface area contributed by atoms with E-state index in [1.165, 1.54) is 33.4 Å². The first kappa shape index (κ1) is 15.1. The van der Waals surface area contributed by atoms with Crippen molar-refractivity contribution in [2.45, 2.75) is 59.5 Å². The molecule has 0 fully saturated rings. The van der Waals surface area contributed by atoms with Gasteiger partial charge >= 0.3 is 0 Å².